The second-order valence-electron chi connectivity index (χ2n) is 12.9. The summed E-state index contributed by atoms with van der Waals surface area (Å²) in [6, 6.07) is 0. The second kappa shape index (κ2) is 11.2. The van der Waals surface area contributed by atoms with Gasteiger partial charge in [0.15, 0.2) is 29.4 Å². The predicted molar refractivity (Wildman–Crippen MR) is 141 cm³/mol. The van der Waals surface area contributed by atoms with Gasteiger partial charge in [0, 0.05) is 16.7 Å². The number of hydrogen-bond acceptors (Lipinski definition) is 13. The van der Waals surface area contributed by atoms with Crippen LogP contribution in [0.4, 0.5) is 9.18 Å². The largest absolute Gasteiger partial charge is 0.508 e. The summed E-state index contributed by atoms with van der Waals surface area (Å²) in [4.78, 5) is 42.7. The number of halogens is 1. The first-order valence-electron chi connectivity index (χ1n) is 14.5. The molecule has 0 amide bonds. The predicted octanol–water partition coefficient (Wildman–Crippen LogP) is 2.61. The minimum Gasteiger partial charge on any atom is -0.432 e. The van der Waals surface area contributed by atoms with Crippen LogP contribution in [-0.2, 0) is 38.1 Å². The van der Waals surface area contributed by atoms with Crippen LogP contribution in [0.3, 0.4) is 0 Å². The Morgan fingerprint density at radius 1 is 1.09 bits per heavy atom. The van der Waals surface area contributed by atoms with Crippen LogP contribution in [0.5, 0.6) is 0 Å². The van der Waals surface area contributed by atoms with Crippen molar-refractivity contribution in [3.05, 3.63) is 23.8 Å². The van der Waals surface area contributed by atoms with Gasteiger partial charge >= 0.3 is 6.16 Å². The molecule has 8 atom stereocenters. The molecule has 43 heavy (non-hydrogen) atoms. The molecule has 14 heteroatoms. The summed E-state index contributed by atoms with van der Waals surface area (Å²) in [5.41, 5.74) is -5.28. The Hall–Kier alpha value is -2.30. The fourth-order valence-electron chi connectivity index (χ4n) is 8.55. The van der Waals surface area contributed by atoms with E-state index in [1.807, 2.05) is 6.92 Å². The lowest BCUT2D eigenvalue weighted by Crippen LogP contribution is -2.70. The average molecular weight is 614 g/mol. The second-order valence-corrected chi connectivity index (χ2v) is 12.9. The highest BCUT2D eigenvalue weighted by atomic mass is 19.1. The Bertz CT molecular complexity index is 1210. The number of nitrogens with zero attached hydrogens (tertiary/aromatic N) is 1. The van der Waals surface area contributed by atoms with Gasteiger partial charge in [0.25, 0.3) is 0 Å². The molecule has 1 saturated heterocycles. The summed E-state index contributed by atoms with van der Waals surface area (Å²) >= 11 is 0. The van der Waals surface area contributed by atoms with Crippen LogP contribution >= 0.6 is 0 Å². The van der Waals surface area contributed by atoms with E-state index in [-0.39, 0.29) is 38.6 Å². The summed E-state index contributed by atoms with van der Waals surface area (Å²) in [7, 11) is 0. The zero-order valence-corrected chi connectivity index (χ0v) is 24.7. The highest BCUT2D eigenvalue weighted by Crippen LogP contribution is 2.72. The number of allylic oxidation sites excluding steroid dienone is 4. The van der Waals surface area contributed by atoms with Gasteiger partial charge in [-0.15, -0.1) is 0 Å². The maximum absolute atomic E-state index is 17.5. The zero-order valence-electron chi connectivity index (χ0n) is 24.7. The number of hydrogen-bond donors (Lipinski definition) is 3. The zero-order chi connectivity index (χ0) is 31.4. The lowest BCUT2D eigenvalue weighted by molar-refractivity contribution is -0.493. The van der Waals surface area contributed by atoms with Crippen LogP contribution in [0, 0.1) is 22.7 Å². The minimum atomic E-state index is -2.08. The number of ether oxygens (including phenoxy) is 5. The lowest BCUT2D eigenvalue weighted by Gasteiger charge is -2.62. The summed E-state index contributed by atoms with van der Waals surface area (Å²) in [6.45, 7) is 5.82. The number of alkyl halides is 1. The van der Waals surface area contributed by atoms with E-state index >= 15 is 4.39 Å². The molecule has 1 aliphatic heterocycles. The van der Waals surface area contributed by atoms with Crippen molar-refractivity contribution in [3.63, 3.8) is 0 Å². The monoisotopic (exact) mass is 613 g/mol. The molecular formula is C29H40FNO12. The molecular weight excluding hydrogens is 573 g/mol. The molecule has 5 aliphatic rings. The quantitative estimate of drug-likeness (QED) is 0.187. The van der Waals surface area contributed by atoms with Gasteiger partial charge in [0.05, 0.1) is 37.4 Å². The number of carbonyl (C=O) groups is 3. The van der Waals surface area contributed by atoms with Crippen molar-refractivity contribution in [3.8, 4) is 0 Å². The van der Waals surface area contributed by atoms with E-state index in [1.165, 1.54) is 12.2 Å². The third-order valence-corrected chi connectivity index (χ3v) is 10.3. The summed E-state index contributed by atoms with van der Waals surface area (Å²) in [6.07, 6.45) is 2.11. The Morgan fingerprint density at radius 3 is 2.53 bits per heavy atom. The minimum absolute atomic E-state index is 0.0104. The maximum atomic E-state index is 17.5. The van der Waals surface area contributed by atoms with E-state index in [0.29, 0.717) is 24.8 Å². The molecule has 5 rings (SSSR count). The molecule has 13 nitrogen and oxygen atoms in total. The molecule has 3 saturated carbocycles. The van der Waals surface area contributed by atoms with Crippen molar-refractivity contribution in [2.24, 2.45) is 22.7 Å². The van der Waals surface area contributed by atoms with Crippen molar-refractivity contribution in [2.45, 2.75) is 82.6 Å². The van der Waals surface area contributed by atoms with Crippen molar-refractivity contribution in [2.75, 3.05) is 33.0 Å². The number of ketones is 2. The summed E-state index contributed by atoms with van der Waals surface area (Å²) < 4.78 is 45.3. The topological polar surface area (TPSA) is 171 Å². The van der Waals surface area contributed by atoms with Crippen LogP contribution < -0.4 is 0 Å². The first-order valence-corrected chi connectivity index (χ1v) is 14.5. The standard InChI is InChI=1S/C29H40FNO12/c1-25(2)42-23-14-20-19-6-5-17-13-18(32)7-8-26(17,3)28(19,30)21(33)15-27(20,4)29(23,43-25)22(34)16-40-24(35)39-11-9-38-10-12-41-31(36)37/h7-8,13,19-21,23,33,36-37H,5-6,9-12,14-16H2,1-4H3/t19?,20-,21-,23+,26-,27-,28-,29+/m0/s1. The van der Waals surface area contributed by atoms with E-state index in [9.17, 15) is 19.5 Å². The molecule has 1 heterocycles. The SMILES string of the molecule is CC1(C)O[C@@H]2C[C@H]3C4CCC5=CC(=O)C=C[C@]5(C)[C@@]4(F)[C@@H](O)C[C@]3(C)[C@]2(C(=O)COC(=O)OCCOCCON(O)O)O1. The molecule has 4 aliphatic carbocycles. The smallest absolute Gasteiger partial charge is 0.432 e. The molecule has 0 radical (unpaired) electrons. The Labute approximate surface area is 248 Å². The van der Waals surface area contributed by atoms with Gasteiger partial charge in [-0.25, -0.2) is 14.0 Å². The van der Waals surface area contributed by atoms with Crippen LogP contribution in [0.15, 0.2) is 23.8 Å². The summed E-state index contributed by atoms with van der Waals surface area (Å²) in [5, 5.41) is 28.1. The lowest BCUT2D eigenvalue weighted by atomic mass is 9.44. The van der Waals surface area contributed by atoms with Gasteiger partial charge in [-0.2, -0.15) is 0 Å². The number of fused-ring (bicyclic) bond motifs is 7. The van der Waals surface area contributed by atoms with Crippen LogP contribution in [0.2, 0.25) is 0 Å². The molecule has 0 aromatic carbocycles. The van der Waals surface area contributed by atoms with Crippen LogP contribution in [0.1, 0.15) is 53.4 Å². The molecule has 240 valence electrons. The third kappa shape index (κ3) is 5.05. The van der Waals surface area contributed by atoms with E-state index < -0.39 is 75.9 Å². The number of aliphatic hydroxyl groups excluding tert-OH is 1. The Kier molecular flexibility index (Phi) is 8.40. The molecule has 0 aromatic rings. The van der Waals surface area contributed by atoms with Crippen LogP contribution in [-0.4, -0.2) is 101 Å². The van der Waals surface area contributed by atoms with Crippen molar-refractivity contribution in [1.29, 1.82) is 0 Å². The number of rotatable bonds is 10. The third-order valence-electron chi connectivity index (χ3n) is 10.3. The Morgan fingerprint density at radius 2 is 1.81 bits per heavy atom. The molecule has 3 N–H and O–H groups in total. The summed E-state index contributed by atoms with van der Waals surface area (Å²) in [5.74, 6) is -2.99. The number of aliphatic hydroxyl groups is 1. The molecule has 0 spiro atoms. The van der Waals surface area contributed by atoms with Crippen molar-refractivity contribution < 1.29 is 62.8 Å². The molecule has 0 bridgehead atoms. The van der Waals surface area contributed by atoms with Crippen molar-refractivity contribution in [1.82, 2.24) is 5.39 Å². The van der Waals surface area contributed by atoms with Gasteiger partial charge in [-0.1, -0.05) is 18.6 Å². The van der Waals surface area contributed by atoms with E-state index in [4.69, 9.17) is 34.1 Å². The molecule has 4 fully saturated rings. The van der Waals surface area contributed by atoms with Gasteiger partial charge in [0.2, 0.25) is 5.78 Å². The average Bonchev–Trinajstić information content (AvgIpc) is 3.33. The van der Waals surface area contributed by atoms with Gasteiger partial charge < -0.3 is 28.8 Å². The van der Waals surface area contributed by atoms with Gasteiger partial charge in [0.1, 0.15) is 6.61 Å². The van der Waals surface area contributed by atoms with Crippen molar-refractivity contribution >= 4 is 17.7 Å². The van der Waals surface area contributed by atoms with E-state index in [0.717, 1.165) is 0 Å². The maximum Gasteiger partial charge on any atom is 0.508 e. The molecule has 0 aromatic heterocycles. The first-order chi connectivity index (χ1) is 20.1. The highest BCUT2D eigenvalue weighted by molar-refractivity contribution is 6.01. The number of carbonyl (C=O) groups excluding carboxylic acids is 3. The van der Waals surface area contributed by atoms with E-state index in [1.54, 1.807) is 26.8 Å². The first kappa shape index (κ1) is 32.1. The van der Waals surface area contributed by atoms with Gasteiger partial charge in [-0.3, -0.25) is 20.0 Å². The fourth-order valence-corrected chi connectivity index (χ4v) is 8.55. The number of Topliss-reactive ketones (excluding diaryl/α,β-unsaturated/α-hetero) is 1. The normalized spacial score (nSPS) is 40.8. The van der Waals surface area contributed by atoms with Gasteiger partial charge in [-0.05, 0) is 64.5 Å². The fraction of sp³-hybridized carbons (Fsp3) is 0.759. The van der Waals surface area contributed by atoms with E-state index in [2.05, 4.69) is 4.84 Å². The Balaban J connectivity index is 1.31. The highest BCUT2D eigenvalue weighted by Gasteiger charge is 2.80. The van der Waals surface area contributed by atoms with Crippen LogP contribution in [0.25, 0.3) is 0 Å². The molecule has 1 unspecified atom stereocenters.